The number of carbonyl (C=O) groups excluding carboxylic acids is 1. The highest BCUT2D eigenvalue weighted by Crippen LogP contribution is 2.02. The van der Waals surface area contributed by atoms with Gasteiger partial charge in [-0.15, -0.1) is 24.0 Å². The van der Waals surface area contributed by atoms with Crippen LogP contribution in [-0.2, 0) is 4.79 Å². The van der Waals surface area contributed by atoms with Crippen molar-refractivity contribution in [3.63, 3.8) is 0 Å². The molecule has 0 aliphatic carbocycles. The lowest BCUT2D eigenvalue weighted by molar-refractivity contribution is -0.122. The van der Waals surface area contributed by atoms with E-state index < -0.39 is 0 Å². The van der Waals surface area contributed by atoms with Gasteiger partial charge in [0.15, 0.2) is 5.96 Å². The number of carbonyl (C=O) groups is 1. The van der Waals surface area contributed by atoms with Gasteiger partial charge in [-0.25, -0.2) is 0 Å². The standard InChI is InChI=1S/C12H24N4OS.HI/c1-3-13-12(14-7-4-8-18-2)16-10-5-6-11(17)15-9-10;/h10H,3-9H2,1-2H3,(H,15,17)(H2,13,14,16);1H. The lowest BCUT2D eigenvalue weighted by Gasteiger charge is -2.25. The second-order valence-corrected chi connectivity index (χ2v) is 5.28. The molecule has 0 radical (unpaired) electrons. The van der Waals surface area contributed by atoms with E-state index in [-0.39, 0.29) is 29.9 Å². The highest BCUT2D eigenvalue weighted by atomic mass is 127. The largest absolute Gasteiger partial charge is 0.357 e. The fourth-order valence-electron chi connectivity index (χ4n) is 1.77. The van der Waals surface area contributed by atoms with Crippen LogP contribution in [0.25, 0.3) is 0 Å². The molecule has 3 N–H and O–H groups in total. The molecule has 1 fully saturated rings. The summed E-state index contributed by atoms with van der Waals surface area (Å²) in [5, 5.41) is 9.48. The molecule has 0 aromatic rings. The van der Waals surface area contributed by atoms with Gasteiger partial charge in [0, 0.05) is 32.1 Å². The van der Waals surface area contributed by atoms with Gasteiger partial charge >= 0.3 is 0 Å². The second-order valence-electron chi connectivity index (χ2n) is 4.29. The van der Waals surface area contributed by atoms with E-state index in [2.05, 4.69) is 34.1 Å². The van der Waals surface area contributed by atoms with Crippen LogP contribution in [0.5, 0.6) is 0 Å². The van der Waals surface area contributed by atoms with Gasteiger partial charge in [0.25, 0.3) is 0 Å². The van der Waals surface area contributed by atoms with Crippen LogP contribution in [0.3, 0.4) is 0 Å². The number of thioether (sulfide) groups is 1. The monoisotopic (exact) mass is 400 g/mol. The quantitative estimate of drug-likeness (QED) is 0.271. The molecule has 1 amide bonds. The summed E-state index contributed by atoms with van der Waals surface area (Å²) in [4.78, 5) is 15.6. The summed E-state index contributed by atoms with van der Waals surface area (Å²) in [5.74, 6) is 2.15. The Morgan fingerprint density at radius 3 is 2.95 bits per heavy atom. The zero-order valence-corrected chi connectivity index (χ0v) is 14.8. The Labute approximate surface area is 137 Å². The molecule has 1 aliphatic rings. The van der Waals surface area contributed by atoms with Crippen LogP contribution < -0.4 is 16.0 Å². The summed E-state index contributed by atoms with van der Waals surface area (Å²) in [6.45, 7) is 4.44. The first-order valence-corrected chi connectivity index (χ1v) is 7.96. The van der Waals surface area contributed by atoms with E-state index in [9.17, 15) is 4.79 Å². The SMILES string of the molecule is CCNC(=NCCCSC)NC1CCC(=O)NC1.I. The summed E-state index contributed by atoms with van der Waals surface area (Å²) in [6.07, 6.45) is 4.68. The van der Waals surface area contributed by atoms with Crippen LogP contribution in [0.1, 0.15) is 26.2 Å². The highest BCUT2D eigenvalue weighted by Gasteiger charge is 2.18. The number of aliphatic imine (C=N–C) groups is 1. The molecule has 0 aromatic carbocycles. The summed E-state index contributed by atoms with van der Waals surface area (Å²) in [7, 11) is 0. The Kier molecular flexibility index (Phi) is 11.5. The second kappa shape index (κ2) is 11.6. The van der Waals surface area contributed by atoms with Crippen molar-refractivity contribution in [2.45, 2.75) is 32.2 Å². The average Bonchev–Trinajstić information content (AvgIpc) is 2.37. The average molecular weight is 400 g/mol. The van der Waals surface area contributed by atoms with Gasteiger partial charge in [-0.05, 0) is 31.8 Å². The summed E-state index contributed by atoms with van der Waals surface area (Å²) in [6, 6.07) is 0.293. The van der Waals surface area contributed by atoms with Crippen LogP contribution in [0.4, 0.5) is 0 Å². The highest BCUT2D eigenvalue weighted by molar-refractivity contribution is 14.0. The minimum atomic E-state index is 0. The molecule has 19 heavy (non-hydrogen) atoms. The normalized spacial score (nSPS) is 19.4. The Bertz CT molecular complexity index is 279. The van der Waals surface area contributed by atoms with Crippen LogP contribution in [-0.4, -0.2) is 49.6 Å². The molecule has 0 spiro atoms. The Morgan fingerprint density at radius 1 is 1.58 bits per heavy atom. The maximum atomic E-state index is 11.1. The zero-order chi connectivity index (χ0) is 13.2. The van der Waals surface area contributed by atoms with E-state index in [0.717, 1.165) is 37.6 Å². The number of nitrogens with zero attached hydrogens (tertiary/aromatic N) is 1. The van der Waals surface area contributed by atoms with Crippen LogP contribution in [0.15, 0.2) is 4.99 Å². The van der Waals surface area contributed by atoms with Crippen molar-refractivity contribution in [1.29, 1.82) is 0 Å². The van der Waals surface area contributed by atoms with E-state index in [1.54, 1.807) is 0 Å². The topological polar surface area (TPSA) is 65.5 Å². The van der Waals surface area contributed by atoms with E-state index in [1.807, 2.05) is 11.8 Å². The molecular formula is C12H25IN4OS. The third kappa shape index (κ3) is 8.56. The zero-order valence-electron chi connectivity index (χ0n) is 11.7. The van der Waals surface area contributed by atoms with Crippen LogP contribution in [0, 0.1) is 0 Å². The van der Waals surface area contributed by atoms with E-state index >= 15 is 0 Å². The van der Waals surface area contributed by atoms with Crippen molar-refractivity contribution < 1.29 is 4.79 Å². The fraction of sp³-hybridized carbons (Fsp3) is 0.833. The molecule has 1 heterocycles. The van der Waals surface area contributed by atoms with Crippen molar-refractivity contribution in [2.75, 3.05) is 31.6 Å². The van der Waals surface area contributed by atoms with Crippen LogP contribution in [0.2, 0.25) is 0 Å². The molecule has 1 saturated heterocycles. The molecule has 1 aliphatic heterocycles. The smallest absolute Gasteiger partial charge is 0.220 e. The van der Waals surface area contributed by atoms with Crippen molar-refractivity contribution in [3.8, 4) is 0 Å². The number of hydrogen-bond donors (Lipinski definition) is 3. The minimum Gasteiger partial charge on any atom is -0.357 e. The molecular weight excluding hydrogens is 375 g/mol. The molecule has 1 unspecified atom stereocenters. The molecule has 112 valence electrons. The number of amides is 1. The molecule has 7 heteroatoms. The maximum Gasteiger partial charge on any atom is 0.220 e. The fourth-order valence-corrected chi connectivity index (χ4v) is 2.19. The van der Waals surface area contributed by atoms with Gasteiger partial charge in [-0.2, -0.15) is 11.8 Å². The number of nitrogens with one attached hydrogen (secondary N) is 3. The lowest BCUT2D eigenvalue weighted by atomic mass is 10.1. The Balaban J connectivity index is 0.00000324. The number of guanidine groups is 1. The number of halogens is 1. The van der Waals surface area contributed by atoms with Crippen molar-refractivity contribution in [1.82, 2.24) is 16.0 Å². The van der Waals surface area contributed by atoms with Gasteiger partial charge in [0.1, 0.15) is 0 Å². The maximum absolute atomic E-state index is 11.1. The first-order chi connectivity index (χ1) is 8.76. The predicted octanol–water partition coefficient (Wildman–Crippen LogP) is 1.19. The first-order valence-electron chi connectivity index (χ1n) is 6.56. The van der Waals surface area contributed by atoms with Gasteiger partial charge in [0.2, 0.25) is 5.91 Å². The van der Waals surface area contributed by atoms with Crippen molar-refractivity contribution in [2.24, 2.45) is 4.99 Å². The molecule has 0 aromatic heterocycles. The molecule has 0 bridgehead atoms. The molecule has 0 saturated carbocycles. The minimum absolute atomic E-state index is 0. The van der Waals surface area contributed by atoms with Crippen molar-refractivity contribution >= 4 is 47.6 Å². The van der Waals surface area contributed by atoms with E-state index in [0.29, 0.717) is 19.0 Å². The van der Waals surface area contributed by atoms with Gasteiger partial charge < -0.3 is 16.0 Å². The first kappa shape index (κ1) is 18.8. The Hall–Kier alpha value is -0.180. The Morgan fingerprint density at radius 2 is 2.37 bits per heavy atom. The van der Waals surface area contributed by atoms with E-state index in [4.69, 9.17) is 0 Å². The number of piperidine rings is 1. The lowest BCUT2D eigenvalue weighted by Crippen LogP contribution is -2.51. The third-order valence-electron chi connectivity index (χ3n) is 2.73. The molecule has 1 atom stereocenters. The molecule has 1 rings (SSSR count). The van der Waals surface area contributed by atoms with Crippen molar-refractivity contribution in [3.05, 3.63) is 0 Å². The number of hydrogen-bond acceptors (Lipinski definition) is 3. The van der Waals surface area contributed by atoms with Gasteiger partial charge in [-0.3, -0.25) is 9.79 Å². The summed E-state index contributed by atoms with van der Waals surface area (Å²) >= 11 is 1.84. The van der Waals surface area contributed by atoms with Gasteiger partial charge in [-0.1, -0.05) is 0 Å². The third-order valence-corrected chi connectivity index (χ3v) is 3.42. The number of rotatable bonds is 6. The summed E-state index contributed by atoms with van der Waals surface area (Å²) < 4.78 is 0. The summed E-state index contributed by atoms with van der Waals surface area (Å²) in [5.41, 5.74) is 0. The van der Waals surface area contributed by atoms with E-state index in [1.165, 1.54) is 0 Å². The predicted molar refractivity (Wildman–Crippen MR) is 93.6 cm³/mol. The molecule has 5 nitrogen and oxygen atoms in total. The van der Waals surface area contributed by atoms with Gasteiger partial charge in [0.05, 0.1) is 0 Å². The van der Waals surface area contributed by atoms with Crippen LogP contribution >= 0.6 is 35.7 Å².